The van der Waals surface area contributed by atoms with Gasteiger partial charge in [0.1, 0.15) is 18.8 Å². The Bertz CT molecular complexity index is 515. The van der Waals surface area contributed by atoms with E-state index in [0.717, 1.165) is 25.0 Å². The number of amides is 1. The first-order valence-corrected chi connectivity index (χ1v) is 10.1. The summed E-state index contributed by atoms with van der Waals surface area (Å²) in [7, 11) is 0. The first-order chi connectivity index (χ1) is 14.4. The number of alkyl carbamates (subject to hydrolysis) is 1. The van der Waals surface area contributed by atoms with Crippen molar-refractivity contribution in [2.75, 3.05) is 39.6 Å². The van der Waals surface area contributed by atoms with Gasteiger partial charge >= 0.3 is 18.0 Å². The molecule has 172 valence electrons. The van der Waals surface area contributed by atoms with Crippen LogP contribution in [0.5, 0.6) is 0 Å². The summed E-state index contributed by atoms with van der Waals surface area (Å²) >= 11 is 0. The van der Waals surface area contributed by atoms with Crippen LogP contribution in [0.1, 0.15) is 40.0 Å². The van der Waals surface area contributed by atoms with Gasteiger partial charge in [0.05, 0.1) is 13.2 Å². The summed E-state index contributed by atoms with van der Waals surface area (Å²) in [5.74, 6) is -1.34. The van der Waals surface area contributed by atoms with Crippen LogP contribution >= 0.6 is 0 Å². The number of hydrogen-bond donors (Lipinski definition) is 1. The topological polar surface area (TPSA) is 109 Å². The molecule has 0 aliphatic carbocycles. The van der Waals surface area contributed by atoms with Gasteiger partial charge in [-0.2, -0.15) is 0 Å². The molecule has 1 amide bonds. The number of carbonyl (C=O) groups is 3. The van der Waals surface area contributed by atoms with Crippen molar-refractivity contribution in [1.29, 1.82) is 0 Å². The second-order valence-corrected chi connectivity index (χ2v) is 6.56. The van der Waals surface area contributed by atoms with E-state index in [-0.39, 0.29) is 26.4 Å². The van der Waals surface area contributed by atoms with E-state index in [1.807, 2.05) is 13.8 Å². The summed E-state index contributed by atoms with van der Waals surface area (Å²) in [4.78, 5) is 35.5. The van der Waals surface area contributed by atoms with E-state index in [4.69, 9.17) is 23.7 Å². The molecule has 0 heterocycles. The third-order valence-corrected chi connectivity index (χ3v) is 3.94. The Kier molecular flexibility index (Phi) is 15.1. The Balaban J connectivity index is 5.14. The molecule has 0 spiro atoms. The maximum atomic E-state index is 12.6. The number of esters is 2. The van der Waals surface area contributed by atoms with Crippen LogP contribution in [0.3, 0.4) is 0 Å². The van der Waals surface area contributed by atoms with Gasteiger partial charge in [0.25, 0.3) is 0 Å². The third-order valence-electron chi connectivity index (χ3n) is 3.94. The van der Waals surface area contributed by atoms with Gasteiger partial charge in [0, 0.05) is 25.4 Å². The smallest absolute Gasteiger partial charge is 0.408 e. The Morgan fingerprint density at radius 3 is 1.73 bits per heavy atom. The zero-order valence-corrected chi connectivity index (χ0v) is 18.3. The van der Waals surface area contributed by atoms with Crippen molar-refractivity contribution in [1.82, 2.24) is 5.32 Å². The Hall–Kier alpha value is -2.39. The Morgan fingerprint density at radius 2 is 1.37 bits per heavy atom. The summed E-state index contributed by atoms with van der Waals surface area (Å²) in [5, 5.41) is 2.66. The van der Waals surface area contributed by atoms with Crippen molar-refractivity contribution in [3.05, 3.63) is 25.3 Å². The maximum absolute atomic E-state index is 12.6. The third kappa shape index (κ3) is 12.2. The highest BCUT2D eigenvalue weighted by Gasteiger charge is 2.35. The van der Waals surface area contributed by atoms with E-state index in [9.17, 15) is 14.4 Å². The van der Waals surface area contributed by atoms with E-state index < -0.39 is 29.7 Å². The SMILES string of the molecule is C=CC(=O)OCC(CC)(COC(=O)C=C)NC(=O)OC(COCCC)COCCC. The molecule has 0 aromatic rings. The largest absolute Gasteiger partial charge is 0.460 e. The number of nitrogens with one attached hydrogen (secondary N) is 1. The molecule has 0 fully saturated rings. The highest BCUT2D eigenvalue weighted by atomic mass is 16.6. The normalized spacial score (nSPS) is 10.9. The lowest BCUT2D eigenvalue weighted by Crippen LogP contribution is -2.56. The molecular formula is C21H35NO8. The molecule has 0 aliphatic heterocycles. The van der Waals surface area contributed by atoms with Gasteiger partial charge in [-0.25, -0.2) is 14.4 Å². The molecule has 0 aromatic carbocycles. The summed E-state index contributed by atoms with van der Waals surface area (Å²) in [5.41, 5.74) is -1.19. The molecule has 0 radical (unpaired) electrons. The molecule has 30 heavy (non-hydrogen) atoms. The molecule has 0 unspecified atom stereocenters. The average molecular weight is 430 g/mol. The van der Waals surface area contributed by atoms with Crippen LogP contribution in [0.2, 0.25) is 0 Å². The molecular weight excluding hydrogens is 394 g/mol. The van der Waals surface area contributed by atoms with Gasteiger partial charge in [-0.3, -0.25) is 0 Å². The van der Waals surface area contributed by atoms with Crippen LogP contribution in [0.25, 0.3) is 0 Å². The molecule has 0 atom stereocenters. The van der Waals surface area contributed by atoms with Crippen LogP contribution < -0.4 is 5.32 Å². The second kappa shape index (κ2) is 16.4. The van der Waals surface area contributed by atoms with Crippen molar-refractivity contribution in [3.8, 4) is 0 Å². The van der Waals surface area contributed by atoms with Crippen molar-refractivity contribution in [2.24, 2.45) is 0 Å². The van der Waals surface area contributed by atoms with Crippen LogP contribution in [-0.2, 0) is 33.3 Å². The first kappa shape index (κ1) is 27.6. The predicted molar refractivity (Wildman–Crippen MR) is 111 cm³/mol. The standard InChI is InChI=1S/C21H35NO8/c1-6-11-26-13-17(14-27-12-7-2)30-20(25)22-21(10-5,15-28-18(23)8-3)16-29-19(24)9-4/h8-9,17H,3-4,6-7,10-16H2,1-2,5H3,(H,22,25). The van der Waals surface area contributed by atoms with Crippen LogP contribution in [0.15, 0.2) is 25.3 Å². The quantitative estimate of drug-likeness (QED) is 0.163. The number of rotatable bonds is 17. The van der Waals surface area contributed by atoms with E-state index in [0.29, 0.717) is 19.6 Å². The fourth-order valence-electron chi connectivity index (χ4n) is 2.17. The molecule has 9 nitrogen and oxygen atoms in total. The van der Waals surface area contributed by atoms with E-state index in [1.165, 1.54) is 0 Å². The molecule has 0 aromatic heterocycles. The zero-order valence-electron chi connectivity index (χ0n) is 18.3. The molecule has 1 N–H and O–H groups in total. The van der Waals surface area contributed by atoms with E-state index in [1.54, 1.807) is 6.92 Å². The van der Waals surface area contributed by atoms with Crippen molar-refractivity contribution in [3.63, 3.8) is 0 Å². The van der Waals surface area contributed by atoms with Crippen LogP contribution in [0.4, 0.5) is 4.79 Å². The molecule has 0 bridgehead atoms. The van der Waals surface area contributed by atoms with Gasteiger partial charge in [-0.05, 0) is 19.3 Å². The van der Waals surface area contributed by atoms with Gasteiger partial charge < -0.3 is 29.0 Å². The summed E-state index contributed by atoms with van der Waals surface area (Å²) in [6, 6.07) is 0. The number of ether oxygens (including phenoxy) is 5. The maximum Gasteiger partial charge on any atom is 0.408 e. The fourth-order valence-corrected chi connectivity index (χ4v) is 2.17. The van der Waals surface area contributed by atoms with Crippen LogP contribution in [0, 0.1) is 0 Å². The lowest BCUT2D eigenvalue weighted by Gasteiger charge is -2.32. The fraction of sp³-hybridized carbons (Fsp3) is 0.667. The average Bonchev–Trinajstić information content (AvgIpc) is 2.75. The minimum Gasteiger partial charge on any atom is -0.460 e. The van der Waals surface area contributed by atoms with E-state index in [2.05, 4.69) is 18.5 Å². The van der Waals surface area contributed by atoms with E-state index >= 15 is 0 Å². The molecule has 0 saturated heterocycles. The van der Waals surface area contributed by atoms with Gasteiger partial charge in [-0.1, -0.05) is 33.9 Å². The second-order valence-electron chi connectivity index (χ2n) is 6.56. The van der Waals surface area contributed by atoms with Crippen molar-refractivity contribution >= 4 is 18.0 Å². The van der Waals surface area contributed by atoms with Crippen LogP contribution in [-0.4, -0.2) is 69.3 Å². The lowest BCUT2D eigenvalue weighted by atomic mass is 9.98. The molecule has 0 aliphatic rings. The summed E-state index contributed by atoms with van der Waals surface area (Å²) in [6.07, 6.45) is 2.56. The van der Waals surface area contributed by atoms with Gasteiger partial charge in [0.15, 0.2) is 6.10 Å². The van der Waals surface area contributed by atoms with Gasteiger partial charge in [0.2, 0.25) is 0 Å². The highest BCUT2D eigenvalue weighted by Crippen LogP contribution is 2.14. The molecule has 0 saturated carbocycles. The number of carbonyl (C=O) groups excluding carboxylic acids is 3. The first-order valence-electron chi connectivity index (χ1n) is 10.1. The number of hydrogen-bond acceptors (Lipinski definition) is 8. The minimum atomic E-state index is -1.19. The predicted octanol–water partition coefficient (Wildman–Crippen LogP) is 2.54. The lowest BCUT2D eigenvalue weighted by molar-refractivity contribution is -0.145. The molecule has 0 rings (SSSR count). The zero-order chi connectivity index (χ0) is 22.8. The van der Waals surface area contributed by atoms with Crippen molar-refractivity contribution in [2.45, 2.75) is 51.7 Å². The highest BCUT2D eigenvalue weighted by molar-refractivity contribution is 5.82. The summed E-state index contributed by atoms with van der Waals surface area (Å²) < 4.78 is 26.6. The minimum absolute atomic E-state index is 0.182. The monoisotopic (exact) mass is 429 g/mol. The Labute approximate surface area is 178 Å². The summed E-state index contributed by atoms with van der Waals surface area (Å²) in [6.45, 7) is 13.3. The van der Waals surface area contributed by atoms with Crippen molar-refractivity contribution < 1.29 is 38.1 Å². The molecule has 9 heteroatoms. The Morgan fingerprint density at radius 1 is 0.900 bits per heavy atom. The van der Waals surface area contributed by atoms with Gasteiger partial charge in [-0.15, -0.1) is 0 Å².